The lowest BCUT2D eigenvalue weighted by molar-refractivity contribution is -0.141. The Morgan fingerprint density at radius 1 is 1.21 bits per heavy atom. The second-order valence-corrected chi connectivity index (χ2v) is 8.90. The van der Waals surface area contributed by atoms with Crippen LogP contribution in [0.25, 0.3) is 10.9 Å². The number of terminal acetylenes is 1. The maximum Gasteiger partial charge on any atom is 0.328 e. The molecule has 172 valence electrons. The molecular formula is C22H21N3O7S. The zero-order valence-corrected chi connectivity index (χ0v) is 18.4. The van der Waals surface area contributed by atoms with Crippen LogP contribution < -0.4 is 16.0 Å². The van der Waals surface area contributed by atoms with Gasteiger partial charge in [-0.25, -0.2) is 13.2 Å². The summed E-state index contributed by atoms with van der Waals surface area (Å²) in [6.45, 7) is -0.858. The fourth-order valence-corrected chi connectivity index (χ4v) is 4.91. The second-order valence-electron chi connectivity index (χ2n) is 7.01. The zero-order valence-electron chi connectivity index (χ0n) is 17.6. The van der Waals surface area contributed by atoms with Crippen molar-refractivity contribution < 1.29 is 23.1 Å². The first kappa shape index (κ1) is 23.8. The molecule has 3 aromatic rings. The van der Waals surface area contributed by atoms with Crippen molar-refractivity contribution in [3.8, 4) is 18.1 Å². The number of H-pyrrole nitrogens is 1. The van der Waals surface area contributed by atoms with Gasteiger partial charge >= 0.3 is 11.7 Å². The number of carboxylic acid groups (broad SMARTS) is 1. The van der Waals surface area contributed by atoms with E-state index in [0.717, 1.165) is 4.57 Å². The number of sulfonamides is 1. The van der Waals surface area contributed by atoms with Crippen molar-refractivity contribution in [1.82, 2.24) is 13.9 Å². The number of aliphatic carboxylic acids is 1. The standard InChI is InChI=1S/C22H21N3O7S/c1-3-13-25(33(30,31)16-10-8-15(32-2)9-11-16)19(21(27)28)12-14-24-20(26)17-6-4-5-7-18(17)23-22(24)29/h1,4-11,19H,12-14H2,2H3,(H,23,29)(H,27,28). The summed E-state index contributed by atoms with van der Waals surface area (Å²) in [6.07, 6.45) is 4.96. The largest absolute Gasteiger partial charge is 0.497 e. The van der Waals surface area contributed by atoms with Crippen LogP contribution in [0, 0.1) is 12.3 Å². The van der Waals surface area contributed by atoms with E-state index in [1.165, 1.54) is 37.4 Å². The van der Waals surface area contributed by atoms with Gasteiger partial charge in [0.15, 0.2) is 0 Å². The van der Waals surface area contributed by atoms with Gasteiger partial charge in [-0.1, -0.05) is 18.1 Å². The Kier molecular flexibility index (Phi) is 7.01. The van der Waals surface area contributed by atoms with Crippen molar-refractivity contribution in [2.24, 2.45) is 0 Å². The first-order valence-corrected chi connectivity index (χ1v) is 11.2. The fourth-order valence-electron chi connectivity index (χ4n) is 3.38. The van der Waals surface area contributed by atoms with Gasteiger partial charge < -0.3 is 14.8 Å². The summed E-state index contributed by atoms with van der Waals surface area (Å²) in [4.78, 5) is 39.5. The molecule has 33 heavy (non-hydrogen) atoms. The van der Waals surface area contributed by atoms with Crippen LogP contribution in [0.2, 0.25) is 0 Å². The van der Waals surface area contributed by atoms with Crippen molar-refractivity contribution in [3.05, 3.63) is 69.4 Å². The highest BCUT2D eigenvalue weighted by atomic mass is 32.2. The third kappa shape index (κ3) is 4.82. The minimum absolute atomic E-state index is 0.175. The Balaban J connectivity index is 1.97. The van der Waals surface area contributed by atoms with Gasteiger partial charge in [0.2, 0.25) is 10.0 Å². The number of fused-ring (bicyclic) bond motifs is 1. The molecule has 0 aliphatic rings. The van der Waals surface area contributed by atoms with E-state index in [1.807, 2.05) is 0 Å². The van der Waals surface area contributed by atoms with Crippen LogP contribution in [-0.4, -0.2) is 53.0 Å². The van der Waals surface area contributed by atoms with Crippen LogP contribution in [0.5, 0.6) is 5.75 Å². The highest BCUT2D eigenvalue weighted by molar-refractivity contribution is 7.89. The molecule has 0 radical (unpaired) electrons. The fraction of sp³-hybridized carbons (Fsp3) is 0.227. The number of methoxy groups -OCH3 is 1. The lowest BCUT2D eigenvalue weighted by Gasteiger charge is -2.26. The Bertz CT molecular complexity index is 1430. The lowest BCUT2D eigenvalue weighted by Crippen LogP contribution is -2.47. The quantitative estimate of drug-likeness (QED) is 0.442. The van der Waals surface area contributed by atoms with Gasteiger partial charge in [0.05, 0.1) is 29.5 Å². The molecule has 3 rings (SSSR count). The van der Waals surface area contributed by atoms with Crippen LogP contribution in [0.3, 0.4) is 0 Å². The highest BCUT2D eigenvalue weighted by Gasteiger charge is 2.35. The number of rotatable bonds is 9. The summed E-state index contributed by atoms with van der Waals surface area (Å²) in [5, 5.41) is 10.0. The van der Waals surface area contributed by atoms with E-state index in [4.69, 9.17) is 11.2 Å². The molecule has 1 atom stereocenters. The molecule has 2 N–H and O–H groups in total. The number of benzene rings is 2. The molecule has 0 spiro atoms. The van der Waals surface area contributed by atoms with Crippen LogP contribution in [0.4, 0.5) is 0 Å². The lowest BCUT2D eigenvalue weighted by atomic mass is 10.2. The Labute approximate surface area is 189 Å². The van der Waals surface area contributed by atoms with Crippen molar-refractivity contribution >= 4 is 26.9 Å². The number of hydrogen-bond donors (Lipinski definition) is 2. The molecule has 10 nitrogen and oxygen atoms in total. The normalized spacial score (nSPS) is 12.4. The van der Waals surface area contributed by atoms with Crippen molar-refractivity contribution in [2.75, 3.05) is 13.7 Å². The number of aromatic nitrogens is 2. The van der Waals surface area contributed by atoms with Gasteiger partial charge in [-0.2, -0.15) is 4.31 Å². The van der Waals surface area contributed by atoms with Crippen molar-refractivity contribution in [3.63, 3.8) is 0 Å². The van der Waals surface area contributed by atoms with E-state index in [0.29, 0.717) is 15.6 Å². The van der Waals surface area contributed by atoms with Crippen molar-refractivity contribution in [2.45, 2.75) is 23.9 Å². The van der Waals surface area contributed by atoms with E-state index < -0.39 is 39.8 Å². The number of carboxylic acids is 1. The molecule has 0 aliphatic heterocycles. The average Bonchev–Trinajstić information content (AvgIpc) is 2.80. The topological polar surface area (TPSA) is 139 Å². The monoisotopic (exact) mass is 471 g/mol. The number of nitrogens with zero attached hydrogens (tertiary/aromatic N) is 2. The minimum Gasteiger partial charge on any atom is -0.497 e. The van der Waals surface area contributed by atoms with Crippen LogP contribution in [0.15, 0.2) is 63.0 Å². The van der Waals surface area contributed by atoms with E-state index in [-0.39, 0.29) is 23.2 Å². The molecule has 0 aliphatic carbocycles. The number of carbonyl (C=O) groups is 1. The summed E-state index contributed by atoms with van der Waals surface area (Å²) >= 11 is 0. The number of aromatic amines is 1. The van der Waals surface area contributed by atoms with Gasteiger partial charge in [0.1, 0.15) is 11.8 Å². The summed E-state index contributed by atoms with van der Waals surface area (Å²) in [5.41, 5.74) is -1.00. The molecule has 0 bridgehead atoms. The van der Waals surface area contributed by atoms with E-state index in [2.05, 4.69) is 10.9 Å². The van der Waals surface area contributed by atoms with E-state index >= 15 is 0 Å². The van der Waals surface area contributed by atoms with Gasteiger partial charge in [-0.05, 0) is 42.8 Å². The summed E-state index contributed by atoms with van der Waals surface area (Å²) in [6, 6.07) is 10.1. The maximum atomic E-state index is 13.2. The molecular weight excluding hydrogens is 450 g/mol. The Morgan fingerprint density at radius 3 is 2.48 bits per heavy atom. The molecule has 0 amide bonds. The molecule has 11 heteroatoms. The first-order chi connectivity index (χ1) is 15.7. The first-order valence-electron chi connectivity index (χ1n) is 9.74. The molecule has 0 fully saturated rings. The van der Waals surface area contributed by atoms with Crippen LogP contribution >= 0.6 is 0 Å². The van der Waals surface area contributed by atoms with E-state index in [9.17, 15) is 27.9 Å². The number of nitrogens with one attached hydrogen (secondary N) is 1. The summed E-state index contributed by atoms with van der Waals surface area (Å²) in [5.74, 6) is 1.12. The third-order valence-corrected chi connectivity index (χ3v) is 6.93. The molecule has 0 saturated carbocycles. The van der Waals surface area contributed by atoms with Gasteiger partial charge in [0.25, 0.3) is 5.56 Å². The predicted molar refractivity (Wildman–Crippen MR) is 121 cm³/mol. The zero-order chi connectivity index (χ0) is 24.2. The molecule has 1 aromatic heterocycles. The summed E-state index contributed by atoms with van der Waals surface area (Å²) < 4.78 is 32.9. The summed E-state index contributed by atoms with van der Waals surface area (Å²) in [7, 11) is -2.89. The third-order valence-electron chi connectivity index (χ3n) is 5.06. The Hall–Kier alpha value is -3.88. The molecule has 1 unspecified atom stereocenters. The van der Waals surface area contributed by atoms with Gasteiger partial charge in [0, 0.05) is 6.54 Å². The number of para-hydroxylation sites is 1. The number of ether oxygens (including phenoxy) is 1. The number of hydrogen-bond acceptors (Lipinski definition) is 6. The molecule has 1 heterocycles. The van der Waals surface area contributed by atoms with Crippen molar-refractivity contribution in [1.29, 1.82) is 0 Å². The molecule has 2 aromatic carbocycles. The molecule has 0 saturated heterocycles. The van der Waals surface area contributed by atoms with Crippen LogP contribution in [-0.2, 0) is 21.4 Å². The smallest absolute Gasteiger partial charge is 0.328 e. The second kappa shape index (κ2) is 9.72. The highest BCUT2D eigenvalue weighted by Crippen LogP contribution is 2.22. The van der Waals surface area contributed by atoms with E-state index in [1.54, 1.807) is 18.2 Å². The minimum atomic E-state index is -4.31. The maximum absolute atomic E-state index is 13.2. The Morgan fingerprint density at radius 2 is 1.88 bits per heavy atom. The SMILES string of the molecule is C#CCN(C(CCn1c(=O)[nH]c2ccccc2c1=O)C(=O)O)S(=O)(=O)c1ccc(OC)cc1. The predicted octanol–water partition coefficient (Wildman–Crippen LogP) is 0.866. The van der Waals surface area contributed by atoms with Gasteiger partial charge in [-0.3, -0.25) is 14.2 Å². The van der Waals surface area contributed by atoms with Gasteiger partial charge in [-0.15, -0.1) is 6.42 Å². The van der Waals surface area contributed by atoms with Crippen LogP contribution in [0.1, 0.15) is 6.42 Å². The average molecular weight is 471 g/mol.